The molecule has 0 heterocycles. The summed E-state index contributed by atoms with van der Waals surface area (Å²) in [5.74, 6) is 0.0289. The normalized spacial score (nSPS) is 10.7. The number of hydrogen-bond donors (Lipinski definition) is 1. The molecule has 3 rings (SSSR count). The van der Waals surface area contributed by atoms with Gasteiger partial charge in [-0.2, -0.15) is 5.10 Å². The highest BCUT2D eigenvalue weighted by molar-refractivity contribution is 5.94. The van der Waals surface area contributed by atoms with Gasteiger partial charge in [0.25, 0.3) is 5.91 Å². The third-order valence-electron chi connectivity index (χ3n) is 3.89. The number of aryl methyl sites for hydroxylation is 1. The summed E-state index contributed by atoms with van der Waals surface area (Å²) < 4.78 is 18.6. The first-order valence-corrected chi connectivity index (χ1v) is 8.47. The van der Waals surface area contributed by atoms with Crippen molar-refractivity contribution in [1.29, 1.82) is 0 Å². The maximum Gasteiger partial charge on any atom is 0.271 e. The molecule has 0 fully saturated rings. The van der Waals surface area contributed by atoms with Crippen LogP contribution in [0.15, 0.2) is 77.9 Å². The second kappa shape index (κ2) is 8.76. The molecule has 0 saturated carbocycles. The zero-order valence-electron chi connectivity index (χ0n) is 14.9. The van der Waals surface area contributed by atoms with Gasteiger partial charge in [0.05, 0.1) is 6.21 Å². The molecule has 0 unspecified atom stereocenters. The Morgan fingerprint density at radius 3 is 2.33 bits per heavy atom. The summed E-state index contributed by atoms with van der Waals surface area (Å²) in [6, 6.07) is 20.8. The Labute approximate surface area is 157 Å². The number of hydrogen-bond acceptors (Lipinski definition) is 3. The van der Waals surface area contributed by atoms with E-state index < -0.39 is 0 Å². The lowest BCUT2D eigenvalue weighted by atomic mass is 10.2. The topological polar surface area (TPSA) is 50.7 Å². The highest BCUT2D eigenvalue weighted by atomic mass is 19.1. The van der Waals surface area contributed by atoms with Gasteiger partial charge in [0, 0.05) is 5.56 Å². The average molecular weight is 362 g/mol. The van der Waals surface area contributed by atoms with Crippen LogP contribution in [0.4, 0.5) is 4.39 Å². The van der Waals surface area contributed by atoms with E-state index in [0.717, 1.165) is 5.56 Å². The predicted molar refractivity (Wildman–Crippen MR) is 103 cm³/mol. The van der Waals surface area contributed by atoms with Crippen molar-refractivity contribution in [3.63, 3.8) is 0 Å². The maximum absolute atomic E-state index is 12.8. The molecule has 0 radical (unpaired) electrons. The number of carbonyl (C=O) groups excluding carboxylic acids is 1. The number of halogens is 1. The Kier molecular flexibility index (Phi) is 5.94. The molecule has 5 heteroatoms. The highest BCUT2D eigenvalue weighted by Crippen LogP contribution is 2.14. The number of amides is 1. The second-order valence-corrected chi connectivity index (χ2v) is 6.05. The summed E-state index contributed by atoms with van der Waals surface area (Å²) >= 11 is 0. The molecule has 0 aromatic heterocycles. The molecule has 0 aliphatic carbocycles. The summed E-state index contributed by atoms with van der Waals surface area (Å²) in [6.45, 7) is 2.51. The van der Waals surface area contributed by atoms with Gasteiger partial charge in [-0.05, 0) is 54.4 Å². The smallest absolute Gasteiger partial charge is 0.271 e. The Bertz CT molecular complexity index is 918. The molecule has 0 bridgehead atoms. The molecule has 27 heavy (non-hydrogen) atoms. The van der Waals surface area contributed by atoms with E-state index in [1.165, 1.54) is 23.9 Å². The summed E-state index contributed by atoms with van der Waals surface area (Å²) in [4.78, 5) is 12.1. The molecule has 4 nitrogen and oxygen atoms in total. The van der Waals surface area contributed by atoms with Gasteiger partial charge in [0.2, 0.25) is 0 Å². The first-order valence-electron chi connectivity index (χ1n) is 8.47. The van der Waals surface area contributed by atoms with E-state index in [-0.39, 0.29) is 11.7 Å². The van der Waals surface area contributed by atoms with E-state index >= 15 is 0 Å². The number of benzene rings is 3. The molecule has 136 valence electrons. The Morgan fingerprint density at radius 1 is 1.00 bits per heavy atom. The van der Waals surface area contributed by atoms with Crippen LogP contribution in [-0.4, -0.2) is 12.1 Å². The van der Waals surface area contributed by atoms with Gasteiger partial charge in [-0.15, -0.1) is 0 Å². The maximum atomic E-state index is 12.8. The quantitative estimate of drug-likeness (QED) is 0.519. The summed E-state index contributed by atoms with van der Waals surface area (Å²) in [5.41, 5.74) is 5.88. The number of ether oxygens (including phenoxy) is 1. The molecule has 0 aliphatic heterocycles. The van der Waals surface area contributed by atoms with Gasteiger partial charge in [-0.1, -0.05) is 42.0 Å². The molecule has 3 aromatic carbocycles. The van der Waals surface area contributed by atoms with Gasteiger partial charge in [0.1, 0.15) is 18.2 Å². The lowest BCUT2D eigenvalue weighted by Crippen LogP contribution is -2.17. The van der Waals surface area contributed by atoms with Crippen molar-refractivity contribution in [3.8, 4) is 5.75 Å². The first-order chi connectivity index (χ1) is 13.1. The van der Waals surface area contributed by atoms with Gasteiger partial charge in [-0.25, -0.2) is 9.82 Å². The molecule has 1 N–H and O–H groups in total. The van der Waals surface area contributed by atoms with Crippen molar-refractivity contribution in [2.24, 2.45) is 5.10 Å². The molecule has 0 saturated heterocycles. The van der Waals surface area contributed by atoms with Crippen LogP contribution in [-0.2, 0) is 6.61 Å². The van der Waals surface area contributed by atoms with Crippen LogP contribution in [0.5, 0.6) is 5.75 Å². The SMILES string of the molecule is Cc1ccc(COc2ccc(C(=O)NN=Cc3ccc(F)cc3)cc2)cc1. The minimum atomic E-state index is -0.335. The number of nitrogens with one attached hydrogen (secondary N) is 1. The third-order valence-corrected chi connectivity index (χ3v) is 3.89. The first kappa shape index (κ1) is 18.3. The van der Waals surface area contributed by atoms with Crippen molar-refractivity contribution in [1.82, 2.24) is 5.43 Å². The van der Waals surface area contributed by atoms with Crippen LogP contribution >= 0.6 is 0 Å². The Hall–Kier alpha value is -3.47. The van der Waals surface area contributed by atoms with Crippen molar-refractivity contribution in [2.75, 3.05) is 0 Å². The van der Waals surface area contributed by atoms with E-state index in [0.29, 0.717) is 23.5 Å². The zero-order valence-corrected chi connectivity index (χ0v) is 14.9. The molecular formula is C22H19FN2O2. The minimum absolute atomic E-state index is 0.319. The molecule has 0 spiro atoms. The summed E-state index contributed by atoms with van der Waals surface area (Å²) in [7, 11) is 0. The van der Waals surface area contributed by atoms with Crippen LogP contribution in [0.2, 0.25) is 0 Å². The summed E-state index contributed by atoms with van der Waals surface area (Å²) in [5, 5.41) is 3.87. The van der Waals surface area contributed by atoms with Crippen LogP contribution < -0.4 is 10.2 Å². The fourth-order valence-corrected chi connectivity index (χ4v) is 2.33. The molecule has 0 atom stereocenters. The Balaban J connectivity index is 1.52. The Morgan fingerprint density at radius 2 is 1.67 bits per heavy atom. The number of hydrazone groups is 1. The van der Waals surface area contributed by atoms with Crippen LogP contribution in [0, 0.1) is 12.7 Å². The van der Waals surface area contributed by atoms with Crippen molar-refractivity contribution >= 4 is 12.1 Å². The fraction of sp³-hybridized carbons (Fsp3) is 0.0909. The van der Waals surface area contributed by atoms with Crippen molar-refractivity contribution in [3.05, 3.63) is 101 Å². The highest BCUT2D eigenvalue weighted by Gasteiger charge is 2.04. The van der Waals surface area contributed by atoms with Crippen molar-refractivity contribution < 1.29 is 13.9 Å². The zero-order chi connectivity index (χ0) is 19.1. The van der Waals surface area contributed by atoms with E-state index in [4.69, 9.17) is 4.74 Å². The van der Waals surface area contributed by atoms with Gasteiger partial charge in [0.15, 0.2) is 0 Å². The standard InChI is InChI=1S/C22H19FN2O2/c1-16-2-4-18(5-3-16)15-27-21-12-8-19(9-13-21)22(26)25-24-14-17-6-10-20(23)11-7-17/h2-14H,15H2,1H3,(H,25,26). The molecular weight excluding hydrogens is 343 g/mol. The largest absolute Gasteiger partial charge is 0.489 e. The van der Waals surface area contributed by atoms with Gasteiger partial charge >= 0.3 is 0 Å². The fourth-order valence-electron chi connectivity index (χ4n) is 2.33. The van der Waals surface area contributed by atoms with E-state index in [1.807, 2.05) is 31.2 Å². The third kappa shape index (κ3) is 5.51. The lowest BCUT2D eigenvalue weighted by Gasteiger charge is -2.07. The van der Waals surface area contributed by atoms with Crippen LogP contribution in [0.3, 0.4) is 0 Å². The number of nitrogens with zero attached hydrogens (tertiary/aromatic N) is 1. The monoisotopic (exact) mass is 362 g/mol. The summed E-state index contributed by atoms with van der Waals surface area (Å²) in [6.07, 6.45) is 1.45. The van der Waals surface area contributed by atoms with Gasteiger partial charge in [-0.3, -0.25) is 4.79 Å². The molecule has 3 aromatic rings. The minimum Gasteiger partial charge on any atom is -0.489 e. The van der Waals surface area contributed by atoms with Crippen LogP contribution in [0.1, 0.15) is 27.0 Å². The average Bonchev–Trinajstić information content (AvgIpc) is 2.69. The molecule has 1 amide bonds. The number of carbonyl (C=O) groups is 1. The predicted octanol–water partition coefficient (Wildman–Crippen LogP) is 4.48. The van der Waals surface area contributed by atoms with E-state index in [1.54, 1.807) is 36.4 Å². The lowest BCUT2D eigenvalue weighted by molar-refractivity contribution is 0.0955. The van der Waals surface area contributed by atoms with E-state index in [9.17, 15) is 9.18 Å². The molecule has 0 aliphatic rings. The second-order valence-electron chi connectivity index (χ2n) is 6.05. The van der Waals surface area contributed by atoms with Crippen molar-refractivity contribution in [2.45, 2.75) is 13.5 Å². The van der Waals surface area contributed by atoms with Gasteiger partial charge < -0.3 is 4.74 Å². The number of rotatable bonds is 6. The van der Waals surface area contributed by atoms with Crippen LogP contribution in [0.25, 0.3) is 0 Å². The van der Waals surface area contributed by atoms with E-state index in [2.05, 4.69) is 10.5 Å².